The van der Waals surface area contributed by atoms with E-state index in [9.17, 15) is 0 Å². The molecule has 3 nitrogen and oxygen atoms in total. The van der Waals surface area contributed by atoms with Crippen LogP contribution in [0.1, 0.15) is 22.3 Å². The van der Waals surface area contributed by atoms with E-state index >= 15 is 0 Å². The Kier molecular flexibility index (Phi) is 8.13. The molecule has 0 saturated carbocycles. The fourth-order valence-electron chi connectivity index (χ4n) is 10.6. The van der Waals surface area contributed by atoms with Gasteiger partial charge in [0.1, 0.15) is 0 Å². The van der Waals surface area contributed by atoms with Crippen LogP contribution in [0.4, 0.5) is 17.1 Å². The van der Waals surface area contributed by atoms with Gasteiger partial charge in [-0.15, -0.1) is 0 Å². The molecule has 300 valence electrons. The number of ether oxygens (including phenoxy) is 2. The molecule has 10 aromatic carbocycles. The number of fused-ring (bicyclic) bond motifs is 13. The van der Waals surface area contributed by atoms with E-state index in [0.717, 1.165) is 50.6 Å². The molecule has 0 N–H and O–H groups in total. The molecule has 10 aromatic rings. The molecular formula is C61H39NO2. The lowest BCUT2D eigenvalue weighted by Gasteiger charge is -2.31. The van der Waals surface area contributed by atoms with Crippen LogP contribution >= 0.6 is 0 Å². The van der Waals surface area contributed by atoms with Gasteiger partial charge in [0.15, 0.2) is 23.0 Å². The Balaban J connectivity index is 0.926. The van der Waals surface area contributed by atoms with E-state index in [0.29, 0.717) is 17.2 Å². The van der Waals surface area contributed by atoms with Gasteiger partial charge < -0.3 is 14.4 Å². The van der Waals surface area contributed by atoms with E-state index in [2.05, 4.69) is 235 Å². The highest BCUT2D eigenvalue weighted by atomic mass is 16.6. The molecule has 1 aliphatic heterocycles. The van der Waals surface area contributed by atoms with Gasteiger partial charge in [-0.3, -0.25) is 0 Å². The van der Waals surface area contributed by atoms with Crippen LogP contribution in [0.5, 0.6) is 23.0 Å². The van der Waals surface area contributed by atoms with E-state index < -0.39 is 5.41 Å². The zero-order chi connectivity index (χ0) is 42.2. The normalized spacial score (nSPS) is 13.1. The van der Waals surface area contributed by atoms with Crippen LogP contribution in [0.2, 0.25) is 0 Å². The molecule has 0 saturated heterocycles. The first kappa shape index (κ1) is 36.3. The average Bonchev–Trinajstić information content (AvgIpc) is 3.84. The van der Waals surface area contributed by atoms with Gasteiger partial charge in [0, 0.05) is 28.1 Å². The number of hydrogen-bond acceptors (Lipinski definition) is 3. The summed E-state index contributed by atoms with van der Waals surface area (Å²) in [6.45, 7) is 0. The number of anilines is 3. The van der Waals surface area contributed by atoms with Crippen molar-refractivity contribution >= 4 is 17.1 Å². The Labute approximate surface area is 372 Å². The molecule has 0 atom stereocenters. The first-order valence-electron chi connectivity index (χ1n) is 21.9. The highest BCUT2D eigenvalue weighted by molar-refractivity contribution is 5.99. The molecule has 0 bridgehead atoms. The van der Waals surface area contributed by atoms with Gasteiger partial charge >= 0.3 is 0 Å². The molecule has 3 heteroatoms. The molecule has 1 heterocycles. The second-order valence-electron chi connectivity index (χ2n) is 16.7. The van der Waals surface area contributed by atoms with Crippen LogP contribution in [0.15, 0.2) is 237 Å². The molecule has 0 aromatic heterocycles. The predicted octanol–water partition coefficient (Wildman–Crippen LogP) is 16.4. The van der Waals surface area contributed by atoms with Crippen LogP contribution in [-0.2, 0) is 5.41 Å². The van der Waals surface area contributed by atoms with Crippen LogP contribution in [0.25, 0.3) is 55.6 Å². The largest absolute Gasteiger partial charge is 0.449 e. The SMILES string of the molecule is c1ccc(-c2ccc(-c3ccc(N(c4ccccc4)c4ccccc4-c4cccc5c4Oc4c(ccc6c4-c4ccccc4C64c6ccccc6-c6ccccc64)O5)cc3)cc2)cc1. The van der Waals surface area contributed by atoms with E-state index in [4.69, 9.17) is 9.47 Å². The van der Waals surface area contributed by atoms with Crippen LogP contribution < -0.4 is 14.4 Å². The molecular weight excluding hydrogens is 779 g/mol. The zero-order valence-corrected chi connectivity index (χ0v) is 34.8. The number of para-hydroxylation sites is 3. The average molecular weight is 818 g/mol. The Bertz CT molecular complexity index is 3380. The van der Waals surface area contributed by atoms with Gasteiger partial charge in [0.2, 0.25) is 0 Å². The quantitative estimate of drug-likeness (QED) is 0.167. The summed E-state index contributed by atoms with van der Waals surface area (Å²) in [6.07, 6.45) is 0. The summed E-state index contributed by atoms with van der Waals surface area (Å²) in [5, 5.41) is 0. The molecule has 0 radical (unpaired) electrons. The Morgan fingerprint density at radius 1 is 0.281 bits per heavy atom. The predicted molar refractivity (Wildman–Crippen MR) is 260 cm³/mol. The smallest absolute Gasteiger partial charge is 0.178 e. The Morgan fingerprint density at radius 3 is 1.41 bits per heavy atom. The van der Waals surface area contributed by atoms with E-state index in [1.165, 1.54) is 50.1 Å². The maximum absolute atomic E-state index is 7.35. The van der Waals surface area contributed by atoms with Crippen molar-refractivity contribution in [1.29, 1.82) is 0 Å². The summed E-state index contributed by atoms with van der Waals surface area (Å²) in [6, 6.07) is 84.6. The van der Waals surface area contributed by atoms with Gasteiger partial charge in [-0.05, 0) is 104 Å². The summed E-state index contributed by atoms with van der Waals surface area (Å²) in [5.74, 6) is 2.84. The Hall–Kier alpha value is -8.40. The highest BCUT2D eigenvalue weighted by Crippen LogP contribution is 2.66. The maximum atomic E-state index is 7.35. The van der Waals surface area contributed by atoms with Crippen molar-refractivity contribution < 1.29 is 9.47 Å². The Morgan fingerprint density at radius 2 is 0.750 bits per heavy atom. The van der Waals surface area contributed by atoms with Crippen LogP contribution in [0, 0.1) is 0 Å². The summed E-state index contributed by atoms with van der Waals surface area (Å²) in [7, 11) is 0. The van der Waals surface area contributed by atoms with Crippen molar-refractivity contribution in [3.8, 4) is 78.6 Å². The van der Waals surface area contributed by atoms with Crippen molar-refractivity contribution in [2.45, 2.75) is 5.41 Å². The summed E-state index contributed by atoms with van der Waals surface area (Å²) >= 11 is 0. The minimum absolute atomic E-state index is 0.485. The second-order valence-corrected chi connectivity index (χ2v) is 16.7. The summed E-state index contributed by atoms with van der Waals surface area (Å²) in [5.41, 5.74) is 19.2. The van der Waals surface area contributed by atoms with Crippen molar-refractivity contribution in [1.82, 2.24) is 0 Å². The monoisotopic (exact) mass is 817 g/mol. The molecule has 0 amide bonds. The lowest BCUT2D eigenvalue weighted by Crippen LogP contribution is -2.25. The molecule has 0 unspecified atom stereocenters. The summed E-state index contributed by atoms with van der Waals surface area (Å²) in [4.78, 5) is 2.33. The number of hydrogen-bond donors (Lipinski definition) is 0. The van der Waals surface area contributed by atoms with Gasteiger partial charge in [0.25, 0.3) is 0 Å². The lowest BCUT2D eigenvalue weighted by molar-refractivity contribution is 0.361. The van der Waals surface area contributed by atoms with E-state index in [1.54, 1.807) is 0 Å². The van der Waals surface area contributed by atoms with Crippen molar-refractivity contribution in [3.63, 3.8) is 0 Å². The molecule has 13 rings (SSSR count). The zero-order valence-electron chi connectivity index (χ0n) is 34.8. The van der Waals surface area contributed by atoms with Crippen molar-refractivity contribution in [2.75, 3.05) is 4.90 Å². The standard InChI is InChI=1S/C61H39NO2/c1-3-16-40(17-4-1)41-30-32-42(33-31-41)43-34-36-45(37-35-43)62(44-18-5-2-6-19-44)55-28-14-10-22-48(55)49-24-15-29-56-59(49)64-60-57(63-56)39-38-54-58(60)50-23-9-13-27-53(50)61(54)51-25-11-7-20-46(51)47-21-8-12-26-52(47)61/h1-39H. The van der Waals surface area contributed by atoms with E-state index in [-0.39, 0.29) is 0 Å². The number of rotatable bonds is 6. The third kappa shape index (κ3) is 5.34. The molecule has 1 spiro atoms. The highest BCUT2D eigenvalue weighted by Gasteiger charge is 2.53. The van der Waals surface area contributed by atoms with Crippen LogP contribution in [-0.4, -0.2) is 0 Å². The summed E-state index contributed by atoms with van der Waals surface area (Å²) < 4.78 is 14.2. The van der Waals surface area contributed by atoms with Gasteiger partial charge in [-0.25, -0.2) is 0 Å². The third-order valence-corrected chi connectivity index (χ3v) is 13.4. The maximum Gasteiger partial charge on any atom is 0.178 e. The third-order valence-electron chi connectivity index (χ3n) is 13.4. The van der Waals surface area contributed by atoms with Crippen molar-refractivity contribution in [3.05, 3.63) is 259 Å². The van der Waals surface area contributed by atoms with E-state index in [1.807, 2.05) is 6.07 Å². The minimum Gasteiger partial charge on any atom is -0.449 e. The topological polar surface area (TPSA) is 21.7 Å². The fourth-order valence-corrected chi connectivity index (χ4v) is 10.6. The van der Waals surface area contributed by atoms with Gasteiger partial charge in [-0.2, -0.15) is 0 Å². The lowest BCUT2D eigenvalue weighted by atomic mass is 9.70. The fraction of sp³-hybridized carbons (Fsp3) is 0.0164. The first-order valence-corrected chi connectivity index (χ1v) is 21.9. The number of benzene rings is 10. The first-order chi connectivity index (χ1) is 31.8. The van der Waals surface area contributed by atoms with Crippen LogP contribution in [0.3, 0.4) is 0 Å². The molecule has 3 aliphatic rings. The van der Waals surface area contributed by atoms with Crippen molar-refractivity contribution in [2.24, 2.45) is 0 Å². The minimum atomic E-state index is -0.485. The van der Waals surface area contributed by atoms with Gasteiger partial charge in [-0.1, -0.05) is 194 Å². The molecule has 64 heavy (non-hydrogen) atoms. The number of nitrogens with zero attached hydrogens (tertiary/aromatic N) is 1. The molecule has 2 aliphatic carbocycles. The molecule has 0 fully saturated rings. The van der Waals surface area contributed by atoms with Gasteiger partial charge in [0.05, 0.1) is 11.1 Å². The second kappa shape index (κ2) is 14.3.